The van der Waals surface area contributed by atoms with Gasteiger partial charge in [-0.15, -0.1) is 0 Å². The lowest BCUT2D eigenvalue weighted by atomic mass is 10.1. The Hall–Kier alpha value is -2.10. The number of carbonyl (C=O) groups excluding carboxylic acids is 1. The number of carboxylic acid groups (broad SMARTS) is 1. The van der Waals surface area contributed by atoms with Crippen molar-refractivity contribution in [3.05, 3.63) is 41.5 Å². The standard InChI is InChI=1S/C14H17NO3/c1-11-4-6-12(7-5-11)8-9-13(16)15-10-2-3-14(17)18/h4-9H,2-3,10H2,1H3,(H,15,16)(H,17,18)/b9-8+. The zero-order chi connectivity index (χ0) is 13.4. The van der Waals surface area contributed by atoms with Crippen LogP contribution in [-0.4, -0.2) is 23.5 Å². The molecule has 0 heterocycles. The third-order valence-corrected chi connectivity index (χ3v) is 2.37. The predicted octanol–water partition coefficient (Wildman–Crippen LogP) is 1.99. The molecule has 0 radical (unpaired) electrons. The van der Waals surface area contributed by atoms with Gasteiger partial charge in [-0.25, -0.2) is 0 Å². The first-order valence-corrected chi connectivity index (χ1v) is 5.82. The van der Waals surface area contributed by atoms with Gasteiger partial charge in [0.15, 0.2) is 0 Å². The van der Waals surface area contributed by atoms with E-state index in [0.29, 0.717) is 13.0 Å². The number of hydrogen-bond donors (Lipinski definition) is 2. The third kappa shape index (κ3) is 5.84. The molecule has 4 nitrogen and oxygen atoms in total. The van der Waals surface area contributed by atoms with Crippen LogP contribution in [0.1, 0.15) is 24.0 Å². The van der Waals surface area contributed by atoms with Crippen molar-refractivity contribution in [2.45, 2.75) is 19.8 Å². The van der Waals surface area contributed by atoms with Crippen molar-refractivity contribution in [3.8, 4) is 0 Å². The van der Waals surface area contributed by atoms with Crippen molar-refractivity contribution in [1.29, 1.82) is 0 Å². The van der Waals surface area contributed by atoms with E-state index in [4.69, 9.17) is 5.11 Å². The van der Waals surface area contributed by atoms with E-state index in [2.05, 4.69) is 5.32 Å². The lowest BCUT2D eigenvalue weighted by Gasteiger charge is -2.00. The summed E-state index contributed by atoms with van der Waals surface area (Å²) in [6, 6.07) is 7.82. The van der Waals surface area contributed by atoms with Gasteiger partial charge in [-0.2, -0.15) is 0 Å². The lowest BCUT2D eigenvalue weighted by molar-refractivity contribution is -0.137. The van der Waals surface area contributed by atoms with Crippen molar-refractivity contribution in [2.24, 2.45) is 0 Å². The van der Waals surface area contributed by atoms with Gasteiger partial charge < -0.3 is 10.4 Å². The number of carbonyl (C=O) groups is 2. The zero-order valence-corrected chi connectivity index (χ0v) is 10.3. The van der Waals surface area contributed by atoms with Crippen LogP contribution in [0.2, 0.25) is 0 Å². The summed E-state index contributed by atoms with van der Waals surface area (Å²) in [4.78, 5) is 21.6. The quantitative estimate of drug-likeness (QED) is 0.596. The van der Waals surface area contributed by atoms with Gasteiger partial charge in [-0.3, -0.25) is 9.59 Å². The molecule has 0 unspecified atom stereocenters. The van der Waals surface area contributed by atoms with Crippen molar-refractivity contribution in [2.75, 3.05) is 6.54 Å². The van der Waals surface area contributed by atoms with Gasteiger partial charge in [-0.05, 0) is 25.0 Å². The largest absolute Gasteiger partial charge is 0.481 e. The third-order valence-electron chi connectivity index (χ3n) is 2.37. The Kier molecular flexibility index (Phi) is 5.64. The van der Waals surface area contributed by atoms with E-state index < -0.39 is 5.97 Å². The molecule has 0 saturated carbocycles. The molecule has 1 aromatic carbocycles. The first-order valence-electron chi connectivity index (χ1n) is 5.82. The Balaban J connectivity index is 2.31. The van der Waals surface area contributed by atoms with Gasteiger partial charge in [0, 0.05) is 19.0 Å². The van der Waals surface area contributed by atoms with Crippen LogP contribution in [0.25, 0.3) is 6.08 Å². The van der Waals surface area contributed by atoms with Gasteiger partial charge in [0.1, 0.15) is 0 Å². The Labute approximate surface area is 106 Å². The fourth-order valence-electron chi connectivity index (χ4n) is 1.36. The zero-order valence-electron chi connectivity index (χ0n) is 10.3. The second kappa shape index (κ2) is 7.27. The van der Waals surface area contributed by atoms with E-state index in [1.165, 1.54) is 11.6 Å². The van der Waals surface area contributed by atoms with Crippen molar-refractivity contribution in [1.82, 2.24) is 5.32 Å². The lowest BCUT2D eigenvalue weighted by Crippen LogP contribution is -2.22. The number of nitrogens with one attached hydrogen (secondary N) is 1. The highest BCUT2D eigenvalue weighted by Crippen LogP contribution is 2.04. The first kappa shape index (κ1) is 14.0. The van der Waals surface area contributed by atoms with Crippen molar-refractivity contribution >= 4 is 18.0 Å². The van der Waals surface area contributed by atoms with Crippen LogP contribution < -0.4 is 5.32 Å². The van der Waals surface area contributed by atoms with Gasteiger partial charge >= 0.3 is 5.97 Å². The van der Waals surface area contributed by atoms with E-state index >= 15 is 0 Å². The maximum atomic E-state index is 11.4. The average molecular weight is 247 g/mol. The second-order valence-electron chi connectivity index (χ2n) is 4.03. The minimum Gasteiger partial charge on any atom is -0.481 e. The topological polar surface area (TPSA) is 66.4 Å². The Morgan fingerprint density at radius 3 is 2.56 bits per heavy atom. The Morgan fingerprint density at radius 1 is 1.28 bits per heavy atom. The maximum absolute atomic E-state index is 11.4. The van der Waals surface area contributed by atoms with Gasteiger partial charge in [-0.1, -0.05) is 29.8 Å². The van der Waals surface area contributed by atoms with E-state index in [1.807, 2.05) is 31.2 Å². The van der Waals surface area contributed by atoms with Crippen LogP contribution in [0.5, 0.6) is 0 Å². The molecule has 0 spiro atoms. The number of aliphatic carboxylic acids is 1. The highest BCUT2D eigenvalue weighted by Gasteiger charge is 1.98. The normalized spacial score (nSPS) is 10.5. The fraction of sp³-hybridized carbons (Fsp3) is 0.286. The second-order valence-corrected chi connectivity index (χ2v) is 4.03. The molecular weight excluding hydrogens is 230 g/mol. The minimum atomic E-state index is -0.848. The molecule has 1 amide bonds. The summed E-state index contributed by atoms with van der Waals surface area (Å²) in [6.07, 6.45) is 3.69. The number of aryl methyl sites for hydroxylation is 1. The molecule has 0 aliphatic heterocycles. The van der Waals surface area contributed by atoms with Crippen LogP contribution in [0.15, 0.2) is 30.3 Å². The van der Waals surface area contributed by atoms with E-state index in [-0.39, 0.29) is 12.3 Å². The van der Waals surface area contributed by atoms with Crippen LogP contribution in [0, 0.1) is 6.92 Å². The van der Waals surface area contributed by atoms with E-state index in [0.717, 1.165) is 5.56 Å². The van der Waals surface area contributed by atoms with E-state index in [9.17, 15) is 9.59 Å². The van der Waals surface area contributed by atoms with Gasteiger partial charge in [0.2, 0.25) is 5.91 Å². The molecular formula is C14H17NO3. The summed E-state index contributed by atoms with van der Waals surface area (Å²) in [7, 11) is 0. The molecule has 0 aliphatic carbocycles. The Morgan fingerprint density at radius 2 is 1.94 bits per heavy atom. The monoisotopic (exact) mass is 247 g/mol. The maximum Gasteiger partial charge on any atom is 0.303 e. The van der Waals surface area contributed by atoms with Crippen LogP contribution in [0.4, 0.5) is 0 Å². The molecule has 0 aromatic heterocycles. The summed E-state index contributed by atoms with van der Waals surface area (Å²) < 4.78 is 0. The number of benzene rings is 1. The highest BCUT2D eigenvalue weighted by molar-refractivity contribution is 5.91. The summed E-state index contributed by atoms with van der Waals surface area (Å²) in [5, 5.41) is 11.1. The molecule has 0 atom stereocenters. The predicted molar refractivity (Wildman–Crippen MR) is 70.1 cm³/mol. The summed E-state index contributed by atoms with van der Waals surface area (Å²) in [5.41, 5.74) is 2.13. The van der Waals surface area contributed by atoms with Crippen LogP contribution in [0.3, 0.4) is 0 Å². The molecule has 2 N–H and O–H groups in total. The molecule has 1 rings (SSSR count). The molecule has 0 saturated heterocycles. The number of hydrogen-bond acceptors (Lipinski definition) is 2. The minimum absolute atomic E-state index is 0.0714. The molecule has 1 aromatic rings. The number of carboxylic acids is 1. The molecule has 18 heavy (non-hydrogen) atoms. The molecule has 0 bridgehead atoms. The molecule has 96 valence electrons. The average Bonchev–Trinajstić information content (AvgIpc) is 2.34. The fourth-order valence-corrected chi connectivity index (χ4v) is 1.36. The molecule has 4 heteroatoms. The van der Waals surface area contributed by atoms with E-state index in [1.54, 1.807) is 6.08 Å². The number of amides is 1. The molecule has 0 fully saturated rings. The molecule has 0 aliphatic rings. The smallest absolute Gasteiger partial charge is 0.303 e. The SMILES string of the molecule is Cc1ccc(/C=C/C(=O)NCCCC(=O)O)cc1. The van der Waals surface area contributed by atoms with Crippen molar-refractivity contribution < 1.29 is 14.7 Å². The summed E-state index contributed by atoms with van der Waals surface area (Å²) in [6.45, 7) is 2.38. The first-order chi connectivity index (χ1) is 8.58. The number of rotatable bonds is 6. The Bertz CT molecular complexity index is 435. The highest BCUT2D eigenvalue weighted by atomic mass is 16.4. The van der Waals surface area contributed by atoms with Crippen LogP contribution in [-0.2, 0) is 9.59 Å². The van der Waals surface area contributed by atoms with Crippen LogP contribution >= 0.6 is 0 Å². The van der Waals surface area contributed by atoms with Gasteiger partial charge in [0.25, 0.3) is 0 Å². The van der Waals surface area contributed by atoms with Crippen molar-refractivity contribution in [3.63, 3.8) is 0 Å². The van der Waals surface area contributed by atoms with Gasteiger partial charge in [0.05, 0.1) is 0 Å². The summed E-state index contributed by atoms with van der Waals surface area (Å²) >= 11 is 0. The summed E-state index contributed by atoms with van der Waals surface area (Å²) in [5.74, 6) is -1.06.